The summed E-state index contributed by atoms with van der Waals surface area (Å²) in [5.41, 5.74) is 1.93. The van der Waals surface area contributed by atoms with Crippen molar-refractivity contribution in [3.8, 4) is 11.5 Å². The molecule has 2 aliphatic heterocycles. The Kier molecular flexibility index (Phi) is 6.34. The van der Waals surface area contributed by atoms with Crippen LogP contribution in [-0.2, 0) is 4.74 Å². The smallest absolute Gasteiger partial charge is 0.261 e. The summed E-state index contributed by atoms with van der Waals surface area (Å²) in [5, 5.41) is 2.86. The van der Waals surface area contributed by atoms with E-state index in [0.29, 0.717) is 40.5 Å². The van der Waals surface area contributed by atoms with E-state index in [0.717, 1.165) is 16.4 Å². The van der Waals surface area contributed by atoms with E-state index in [9.17, 15) is 14.4 Å². The molecule has 3 aromatic rings. The van der Waals surface area contributed by atoms with Crippen LogP contribution in [0.4, 0.5) is 5.69 Å². The standard InChI is InChI=1S/C26H21IN2O5/c27-17-4-1-3-16(13-17)24(30)28-18-6-8-19(9-7-18)34-20-10-11-22-23(14-20)26(32)29(25(22)31)15-21-5-2-12-33-21/h1,3-4,6-11,13-14,21H,2,5,12,15H2,(H,28,30). The van der Waals surface area contributed by atoms with Crippen molar-refractivity contribution in [3.05, 3.63) is 87.0 Å². The van der Waals surface area contributed by atoms with Gasteiger partial charge in [-0.3, -0.25) is 19.3 Å². The molecule has 0 aliphatic carbocycles. The number of benzene rings is 3. The van der Waals surface area contributed by atoms with E-state index >= 15 is 0 Å². The lowest BCUT2D eigenvalue weighted by atomic mass is 10.1. The first kappa shape index (κ1) is 22.5. The monoisotopic (exact) mass is 568 g/mol. The average Bonchev–Trinajstić information content (AvgIpc) is 3.43. The van der Waals surface area contributed by atoms with Gasteiger partial charge in [0, 0.05) is 21.4 Å². The third-order valence-corrected chi connectivity index (χ3v) is 6.46. The van der Waals surface area contributed by atoms with Crippen LogP contribution >= 0.6 is 22.6 Å². The van der Waals surface area contributed by atoms with Crippen LogP contribution in [0.3, 0.4) is 0 Å². The van der Waals surface area contributed by atoms with E-state index in [2.05, 4.69) is 27.9 Å². The molecule has 1 saturated heterocycles. The summed E-state index contributed by atoms with van der Waals surface area (Å²) < 4.78 is 12.5. The largest absolute Gasteiger partial charge is 0.457 e. The van der Waals surface area contributed by atoms with Gasteiger partial charge in [0.15, 0.2) is 0 Å². The van der Waals surface area contributed by atoms with Gasteiger partial charge in [-0.2, -0.15) is 0 Å². The predicted molar refractivity (Wildman–Crippen MR) is 134 cm³/mol. The molecular formula is C26H21IN2O5. The van der Waals surface area contributed by atoms with Crippen molar-refractivity contribution in [3.63, 3.8) is 0 Å². The molecule has 2 heterocycles. The molecule has 2 aliphatic rings. The van der Waals surface area contributed by atoms with Gasteiger partial charge >= 0.3 is 0 Å². The fourth-order valence-corrected chi connectivity index (χ4v) is 4.61. The van der Waals surface area contributed by atoms with Crippen LogP contribution < -0.4 is 10.1 Å². The Hall–Kier alpha value is -3.24. The van der Waals surface area contributed by atoms with Gasteiger partial charge in [-0.1, -0.05) is 6.07 Å². The zero-order valence-electron chi connectivity index (χ0n) is 18.1. The van der Waals surface area contributed by atoms with Crippen LogP contribution in [0, 0.1) is 3.57 Å². The molecule has 34 heavy (non-hydrogen) atoms. The van der Waals surface area contributed by atoms with Crippen LogP contribution in [-0.4, -0.2) is 41.9 Å². The topological polar surface area (TPSA) is 84.9 Å². The second-order valence-electron chi connectivity index (χ2n) is 8.15. The summed E-state index contributed by atoms with van der Waals surface area (Å²) in [7, 11) is 0. The molecule has 0 spiro atoms. The number of hydrogen-bond acceptors (Lipinski definition) is 5. The minimum Gasteiger partial charge on any atom is -0.457 e. The maximum atomic E-state index is 12.8. The van der Waals surface area contributed by atoms with E-state index in [1.54, 1.807) is 48.5 Å². The number of anilines is 1. The van der Waals surface area contributed by atoms with E-state index in [1.165, 1.54) is 4.90 Å². The third kappa shape index (κ3) is 4.69. The van der Waals surface area contributed by atoms with Crippen molar-refractivity contribution in [2.24, 2.45) is 0 Å². The highest BCUT2D eigenvalue weighted by molar-refractivity contribution is 14.1. The number of amides is 3. The minimum atomic E-state index is -0.324. The molecule has 8 heteroatoms. The number of carbonyl (C=O) groups excluding carboxylic acids is 3. The molecular weight excluding hydrogens is 547 g/mol. The van der Waals surface area contributed by atoms with Gasteiger partial charge in [-0.25, -0.2) is 0 Å². The Morgan fingerprint density at radius 2 is 1.76 bits per heavy atom. The Balaban J connectivity index is 1.25. The first-order chi connectivity index (χ1) is 16.5. The lowest BCUT2D eigenvalue weighted by Crippen LogP contribution is -2.36. The van der Waals surface area contributed by atoms with Gasteiger partial charge in [-0.05, 0) is 96.1 Å². The number of ether oxygens (including phenoxy) is 2. The van der Waals surface area contributed by atoms with Crippen LogP contribution in [0.1, 0.15) is 43.9 Å². The highest BCUT2D eigenvalue weighted by Gasteiger charge is 2.37. The SMILES string of the molecule is O=C(Nc1ccc(Oc2ccc3c(c2)C(=O)N(CC2CCCO2)C3=O)cc1)c1cccc(I)c1. The molecule has 3 aromatic carbocycles. The van der Waals surface area contributed by atoms with Crippen molar-refractivity contribution in [2.45, 2.75) is 18.9 Å². The Morgan fingerprint density at radius 1 is 1.00 bits per heavy atom. The first-order valence-electron chi connectivity index (χ1n) is 10.9. The van der Waals surface area contributed by atoms with Gasteiger partial charge < -0.3 is 14.8 Å². The molecule has 1 N–H and O–H groups in total. The quantitative estimate of drug-likeness (QED) is 0.330. The number of nitrogens with zero attached hydrogens (tertiary/aromatic N) is 1. The molecule has 0 bridgehead atoms. The molecule has 7 nitrogen and oxygen atoms in total. The maximum Gasteiger partial charge on any atom is 0.261 e. The second-order valence-corrected chi connectivity index (χ2v) is 9.40. The fraction of sp³-hybridized carbons (Fsp3) is 0.192. The summed E-state index contributed by atoms with van der Waals surface area (Å²) in [4.78, 5) is 39.2. The lowest BCUT2D eigenvalue weighted by molar-refractivity contribution is 0.0475. The molecule has 1 unspecified atom stereocenters. The number of halogens is 1. The zero-order chi connectivity index (χ0) is 23.7. The molecule has 0 saturated carbocycles. The number of nitrogens with one attached hydrogen (secondary N) is 1. The van der Waals surface area contributed by atoms with Crippen molar-refractivity contribution in [1.29, 1.82) is 0 Å². The summed E-state index contributed by atoms with van der Waals surface area (Å²) >= 11 is 2.17. The second kappa shape index (κ2) is 9.55. The Morgan fingerprint density at radius 3 is 2.50 bits per heavy atom. The number of hydrogen-bond donors (Lipinski definition) is 1. The molecule has 3 amide bonds. The van der Waals surface area contributed by atoms with E-state index < -0.39 is 0 Å². The fourth-order valence-electron chi connectivity index (χ4n) is 4.07. The van der Waals surface area contributed by atoms with Crippen LogP contribution in [0.2, 0.25) is 0 Å². The van der Waals surface area contributed by atoms with Crippen molar-refractivity contribution in [2.75, 3.05) is 18.5 Å². The maximum absolute atomic E-state index is 12.8. The average molecular weight is 568 g/mol. The van der Waals surface area contributed by atoms with Crippen molar-refractivity contribution in [1.82, 2.24) is 4.90 Å². The van der Waals surface area contributed by atoms with Crippen molar-refractivity contribution < 1.29 is 23.9 Å². The normalized spacial score (nSPS) is 17.1. The van der Waals surface area contributed by atoms with Crippen LogP contribution in [0.25, 0.3) is 0 Å². The molecule has 5 rings (SSSR count). The van der Waals surface area contributed by atoms with Crippen molar-refractivity contribution >= 4 is 46.0 Å². The molecule has 172 valence electrons. The summed E-state index contributed by atoms with van der Waals surface area (Å²) in [6.07, 6.45) is 1.70. The van der Waals surface area contributed by atoms with E-state index in [-0.39, 0.29) is 30.4 Å². The third-order valence-electron chi connectivity index (χ3n) is 5.79. The number of carbonyl (C=O) groups is 3. The summed E-state index contributed by atoms with van der Waals surface area (Å²) in [5.74, 6) is 0.182. The molecule has 0 radical (unpaired) electrons. The zero-order valence-corrected chi connectivity index (χ0v) is 20.3. The summed E-state index contributed by atoms with van der Waals surface area (Å²) in [6, 6.07) is 19.2. The van der Waals surface area contributed by atoms with Gasteiger partial charge in [-0.15, -0.1) is 0 Å². The van der Waals surface area contributed by atoms with Gasteiger partial charge in [0.1, 0.15) is 11.5 Å². The predicted octanol–water partition coefficient (Wildman–Crippen LogP) is 5.11. The lowest BCUT2D eigenvalue weighted by Gasteiger charge is -2.17. The van der Waals surface area contributed by atoms with Gasteiger partial charge in [0.25, 0.3) is 17.7 Å². The Labute approximate surface area is 210 Å². The van der Waals surface area contributed by atoms with Crippen LogP contribution in [0.5, 0.6) is 11.5 Å². The molecule has 1 fully saturated rings. The molecule has 1 atom stereocenters. The highest BCUT2D eigenvalue weighted by atomic mass is 127. The number of rotatable bonds is 6. The number of imide groups is 1. The first-order valence-corrected chi connectivity index (χ1v) is 12.0. The van der Waals surface area contributed by atoms with Gasteiger partial charge in [0.2, 0.25) is 0 Å². The number of fused-ring (bicyclic) bond motifs is 1. The minimum absolute atomic E-state index is 0.0950. The molecule has 0 aromatic heterocycles. The van der Waals surface area contributed by atoms with E-state index in [4.69, 9.17) is 9.47 Å². The van der Waals surface area contributed by atoms with E-state index in [1.807, 2.05) is 18.2 Å². The summed E-state index contributed by atoms with van der Waals surface area (Å²) in [6.45, 7) is 0.942. The van der Waals surface area contributed by atoms with Gasteiger partial charge in [0.05, 0.1) is 23.8 Å². The Bertz CT molecular complexity index is 1270. The van der Waals surface area contributed by atoms with Crippen LogP contribution in [0.15, 0.2) is 66.7 Å². The highest BCUT2D eigenvalue weighted by Crippen LogP contribution is 2.31.